The van der Waals surface area contributed by atoms with E-state index in [1.165, 1.54) is 5.56 Å². The van der Waals surface area contributed by atoms with Crippen molar-refractivity contribution in [2.75, 3.05) is 26.7 Å². The lowest BCUT2D eigenvalue weighted by atomic mass is 9.90. The van der Waals surface area contributed by atoms with Gasteiger partial charge < -0.3 is 14.9 Å². The van der Waals surface area contributed by atoms with Crippen molar-refractivity contribution in [1.29, 1.82) is 0 Å². The first kappa shape index (κ1) is 20.6. The Morgan fingerprint density at radius 2 is 2.04 bits per heavy atom. The van der Waals surface area contributed by atoms with Crippen LogP contribution in [-0.2, 0) is 17.8 Å². The molecule has 0 saturated carbocycles. The van der Waals surface area contributed by atoms with E-state index in [4.69, 9.17) is 0 Å². The number of rotatable bonds is 8. The zero-order chi connectivity index (χ0) is 20.1. The molecule has 0 aliphatic carbocycles. The van der Waals surface area contributed by atoms with Gasteiger partial charge in [-0.3, -0.25) is 9.89 Å². The van der Waals surface area contributed by atoms with E-state index in [0.717, 1.165) is 30.5 Å². The molecule has 6 heteroatoms. The van der Waals surface area contributed by atoms with E-state index in [0.29, 0.717) is 32.0 Å². The third kappa shape index (κ3) is 5.00. The second kappa shape index (κ2) is 8.88. The molecule has 152 valence electrons. The standard InChI is InChI=1S/C22H32N4O2/c1-17(2)20-7-5-18(6-8-20)15-26-11-4-10-22(28,21(26)27)16-25(3)12-9-19-13-23-24-14-19/h5-8,13-14,17,28H,4,9-12,15-16H2,1-3H3,(H,23,24). The van der Waals surface area contributed by atoms with Gasteiger partial charge in [0.25, 0.3) is 5.91 Å². The summed E-state index contributed by atoms with van der Waals surface area (Å²) in [5.74, 6) is 0.343. The van der Waals surface area contributed by atoms with Gasteiger partial charge in [-0.15, -0.1) is 0 Å². The van der Waals surface area contributed by atoms with E-state index < -0.39 is 5.60 Å². The summed E-state index contributed by atoms with van der Waals surface area (Å²) in [6.07, 6.45) is 5.86. The van der Waals surface area contributed by atoms with Gasteiger partial charge in [-0.2, -0.15) is 5.10 Å². The Hall–Kier alpha value is -2.18. The molecule has 28 heavy (non-hydrogen) atoms. The van der Waals surface area contributed by atoms with Crippen molar-refractivity contribution < 1.29 is 9.90 Å². The third-order valence-corrected chi connectivity index (χ3v) is 5.59. The number of amides is 1. The second-order valence-electron chi connectivity index (χ2n) is 8.35. The molecule has 3 rings (SSSR count). The fourth-order valence-electron chi connectivity index (χ4n) is 3.85. The van der Waals surface area contributed by atoms with Gasteiger partial charge in [0, 0.05) is 32.4 Å². The maximum atomic E-state index is 13.0. The fraction of sp³-hybridized carbons (Fsp3) is 0.545. The molecule has 0 spiro atoms. The maximum Gasteiger partial charge on any atom is 0.256 e. The fourth-order valence-corrected chi connectivity index (χ4v) is 3.85. The predicted molar refractivity (Wildman–Crippen MR) is 110 cm³/mol. The number of aromatic nitrogens is 2. The summed E-state index contributed by atoms with van der Waals surface area (Å²) in [5, 5.41) is 17.8. The summed E-state index contributed by atoms with van der Waals surface area (Å²) in [6.45, 7) is 6.72. The largest absolute Gasteiger partial charge is 0.379 e. The lowest BCUT2D eigenvalue weighted by Crippen LogP contribution is -2.58. The van der Waals surface area contributed by atoms with Gasteiger partial charge in [0.15, 0.2) is 5.60 Å². The molecule has 2 heterocycles. The maximum absolute atomic E-state index is 13.0. The molecule has 2 aromatic rings. The van der Waals surface area contributed by atoms with Gasteiger partial charge in [-0.25, -0.2) is 0 Å². The molecule has 1 unspecified atom stereocenters. The molecule has 1 aromatic heterocycles. The molecule has 0 radical (unpaired) electrons. The van der Waals surface area contributed by atoms with Crippen LogP contribution < -0.4 is 0 Å². The van der Waals surface area contributed by atoms with E-state index in [-0.39, 0.29) is 5.91 Å². The minimum absolute atomic E-state index is 0.151. The SMILES string of the molecule is CC(C)c1ccc(CN2CCCC(O)(CN(C)CCc3cn[nH]c3)C2=O)cc1. The summed E-state index contributed by atoms with van der Waals surface area (Å²) in [4.78, 5) is 16.9. The van der Waals surface area contributed by atoms with Crippen LogP contribution in [0.3, 0.4) is 0 Å². The monoisotopic (exact) mass is 384 g/mol. The Bertz CT molecular complexity index is 757. The number of benzene rings is 1. The second-order valence-corrected chi connectivity index (χ2v) is 8.35. The van der Waals surface area contributed by atoms with Crippen LogP contribution in [0.5, 0.6) is 0 Å². The van der Waals surface area contributed by atoms with Crippen molar-refractivity contribution in [3.63, 3.8) is 0 Å². The quantitative estimate of drug-likeness (QED) is 0.734. The van der Waals surface area contributed by atoms with E-state index >= 15 is 0 Å². The van der Waals surface area contributed by atoms with E-state index in [2.05, 4.69) is 48.3 Å². The number of nitrogens with zero attached hydrogens (tertiary/aromatic N) is 3. The lowest BCUT2D eigenvalue weighted by Gasteiger charge is -2.40. The molecule has 1 fully saturated rings. The molecule has 1 atom stereocenters. The molecule has 2 N–H and O–H groups in total. The van der Waals surface area contributed by atoms with Crippen LogP contribution in [0, 0.1) is 0 Å². The van der Waals surface area contributed by atoms with Crippen molar-refractivity contribution in [2.24, 2.45) is 0 Å². The molecule has 1 aliphatic heterocycles. The zero-order valence-corrected chi connectivity index (χ0v) is 17.2. The van der Waals surface area contributed by atoms with E-state index in [1.54, 1.807) is 11.1 Å². The van der Waals surface area contributed by atoms with Crippen molar-refractivity contribution >= 4 is 5.91 Å². The smallest absolute Gasteiger partial charge is 0.256 e. The number of H-pyrrole nitrogens is 1. The summed E-state index contributed by atoms with van der Waals surface area (Å²) < 4.78 is 0. The van der Waals surface area contributed by atoms with Crippen molar-refractivity contribution in [3.8, 4) is 0 Å². The highest BCUT2D eigenvalue weighted by Crippen LogP contribution is 2.25. The molecule has 0 bridgehead atoms. The van der Waals surface area contributed by atoms with E-state index in [9.17, 15) is 9.90 Å². The van der Waals surface area contributed by atoms with Crippen LogP contribution in [-0.4, -0.2) is 63.3 Å². The Kier molecular flexibility index (Phi) is 6.52. The van der Waals surface area contributed by atoms with Crippen molar-refractivity contribution in [1.82, 2.24) is 20.0 Å². The Morgan fingerprint density at radius 3 is 2.68 bits per heavy atom. The average Bonchev–Trinajstić information content (AvgIpc) is 3.18. The number of hydrogen-bond donors (Lipinski definition) is 2. The Balaban J connectivity index is 1.58. The zero-order valence-electron chi connectivity index (χ0n) is 17.2. The van der Waals surface area contributed by atoms with Crippen LogP contribution in [0.2, 0.25) is 0 Å². The minimum atomic E-state index is -1.30. The molecule has 1 amide bonds. The normalized spacial score (nSPS) is 20.4. The first-order valence-electron chi connectivity index (χ1n) is 10.1. The number of nitrogens with one attached hydrogen (secondary N) is 1. The highest BCUT2D eigenvalue weighted by Gasteiger charge is 2.42. The van der Waals surface area contributed by atoms with Crippen LogP contribution in [0.15, 0.2) is 36.7 Å². The average molecular weight is 385 g/mol. The van der Waals surface area contributed by atoms with Gasteiger partial charge in [0.2, 0.25) is 0 Å². The summed E-state index contributed by atoms with van der Waals surface area (Å²) in [5.41, 5.74) is 2.22. The van der Waals surface area contributed by atoms with E-state index in [1.807, 2.05) is 18.1 Å². The lowest BCUT2D eigenvalue weighted by molar-refractivity contribution is -0.159. The molecule has 6 nitrogen and oxygen atoms in total. The minimum Gasteiger partial charge on any atom is -0.379 e. The Morgan fingerprint density at radius 1 is 1.29 bits per heavy atom. The number of carbonyl (C=O) groups excluding carboxylic acids is 1. The van der Waals surface area contributed by atoms with Gasteiger partial charge in [0.1, 0.15) is 0 Å². The summed E-state index contributed by atoms with van der Waals surface area (Å²) in [6, 6.07) is 8.44. The number of aromatic amines is 1. The Labute approximate surface area is 167 Å². The van der Waals surface area contributed by atoms with Crippen LogP contribution in [0.25, 0.3) is 0 Å². The number of likely N-dealkylation sites (tertiary alicyclic amines) is 1. The molecule has 1 aromatic carbocycles. The molecule has 1 saturated heterocycles. The van der Waals surface area contributed by atoms with Crippen molar-refractivity contribution in [2.45, 2.75) is 51.2 Å². The van der Waals surface area contributed by atoms with Crippen molar-refractivity contribution in [3.05, 3.63) is 53.3 Å². The first-order chi connectivity index (χ1) is 13.4. The van der Waals surface area contributed by atoms with Gasteiger partial charge in [0.05, 0.1) is 6.20 Å². The van der Waals surface area contributed by atoms with Gasteiger partial charge in [-0.05, 0) is 48.9 Å². The summed E-state index contributed by atoms with van der Waals surface area (Å²) in [7, 11) is 1.95. The number of carbonyl (C=O) groups is 1. The summed E-state index contributed by atoms with van der Waals surface area (Å²) >= 11 is 0. The van der Waals surface area contributed by atoms with Gasteiger partial charge >= 0.3 is 0 Å². The highest BCUT2D eigenvalue weighted by atomic mass is 16.3. The predicted octanol–water partition coefficient (Wildman–Crippen LogP) is 2.56. The molecule has 1 aliphatic rings. The topological polar surface area (TPSA) is 72.5 Å². The molecular weight excluding hydrogens is 352 g/mol. The number of likely N-dealkylation sites (N-methyl/N-ethyl adjacent to an activating group) is 1. The molecular formula is C22H32N4O2. The van der Waals surface area contributed by atoms with Crippen LogP contribution in [0.4, 0.5) is 0 Å². The number of hydrogen-bond acceptors (Lipinski definition) is 4. The number of aliphatic hydroxyl groups is 1. The first-order valence-corrected chi connectivity index (χ1v) is 10.1. The highest BCUT2D eigenvalue weighted by molar-refractivity contribution is 5.86. The van der Waals surface area contributed by atoms with Crippen LogP contribution in [0.1, 0.15) is 49.3 Å². The number of piperidine rings is 1. The van der Waals surface area contributed by atoms with Crippen LogP contribution >= 0.6 is 0 Å². The third-order valence-electron chi connectivity index (χ3n) is 5.59. The van der Waals surface area contributed by atoms with Gasteiger partial charge in [-0.1, -0.05) is 38.1 Å².